The second-order valence-corrected chi connectivity index (χ2v) is 6.09. The Morgan fingerprint density at radius 1 is 1.20 bits per heavy atom. The fourth-order valence-electron chi connectivity index (χ4n) is 2.04. The van der Waals surface area contributed by atoms with Crippen molar-refractivity contribution in [3.63, 3.8) is 0 Å². The van der Waals surface area contributed by atoms with Gasteiger partial charge in [0.15, 0.2) is 0 Å². The van der Waals surface area contributed by atoms with Crippen LogP contribution < -0.4 is 10.2 Å². The van der Waals surface area contributed by atoms with Gasteiger partial charge in [0.1, 0.15) is 5.82 Å². The standard InChI is InChI=1S/C16H30N4/c1-8-17-9-14-15(20(7)13(6)11(2)3)10-18-16(19-14)12(4)5/h10-13,17H,8-9H2,1-7H3. The van der Waals surface area contributed by atoms with Crippen LogP contribution in [0.5, 0.6) is 0 Å². The minimum Gasteiger partial charge on any atom is -0.369 e. The van der Waals surface area contributed by atoms with Crippen molar-refractivity contribution in [1.29, 1.82) is 0 Å². The molecule has 0 bridgehead atoms. The van der Waals surface area contributed by atoms with Crippen molar-refractivity contribution in [2.75, 3.05) is 18.5 Å². The lowest BCUT2D eigenvalue weighted by atomic mass is 10.0. The predicted molar refractivity (Wildman–Crippen MR) is 86.2 cm³/mol. The second kappa shape index (κ2) is 7.58. The highest BCUT2D eigenvalue weighted by atomic mass is 15.2. The minimum absolute atomic E-state index is 0.359. The third-order valence-electron chi connectivity index (χ3n) is 3.88. The molecule has 0 fully saturated rings. The molecule has 0 aliphatic rings. The summed E-state index contributed by atoms with van der Waals surface area (Å²) in [4.78, 5) is 11.6. The zero-order valence-electron chi connectivity index (χ0n) is 14.1. The Kier molecular flexibility index (Phi) is 6.40. The number of anilines is 1. The van der Waals surface area contributed by atoms with Gasteiger partial charge in [-0.3, -0.25) is 0 Å². The molecular weight excluding hydrogens is 248 g/mol. The van der Waals surface area contributed by atoms with Crippen molar-refractivity contribution < 1.29 is 0 Å². The SMILES string of the molecule is CCNCc1nc(C(C)C)ncc1N(C)C(C)C(C)C. The molecule has 0 saturated heterocycles. The molecule has 0 aromatic carbocycles. The third-order valence-corrected chi connectivity index (χ3v) is 3.88. The molecule has 1 aromatic rings. The van der Waals surface area contributed by atoms with Crippen LogP contribution in [0.1, 0.15) is 59.0 Å². The van der Waals surface area contributed by atoms with Gasteiger partial charge in [0.05, 0.1) is 17.6 Å². The zero-order valence-corrected chi connectivity index (χ0v) is 14.1. The Hall–Kier alpha value is -1.16. The summed E-state index contributed by atoms with van der Waals surface area (Å²) in [6.07, 6.45) is 1.98. The van der Waals surface area contributed by atoms with Crippen LogP contribution in [-0.4, -0.2) is 29.6 Å². The topological polar surface area (TPSA) is 41.1 Å². The van der Waals surface area contributed by atoms with E-state index in [2.05, 4.69) is 63.8 Å². The van der Waals surface area contributed by atoms with Gasteiger partial charge in [-0.2, -0.15) is 0 Å². The number of hydrogen-bond donors (Lipinski definition) is 1. The first-order valence-electron chi connectivity index (χ1n) is 7.67. The summed E-state index contributed by atoms with van der Waals surface area (Å²) in [6, 6.07) is 0.462. The maximum atomic E-state index is 4.76. The molecule has 1 heterocycles. The smallest absolute Gasteiger partial charge is 0.131 e. The van der Waals surface area contributed by atoms with Crippen molar-refractivity contribution in [2.24, 2.45) is 5.92 Å². The summed E-state index contributed by atoms with van der Waals surface area (Å²) in [5, 5.41) is 3.38. The average molecular weight is 278 g/mol. The second-order valence-electron chi connectivity index (χ2n) is 6.09. The summed E-state index contributed by atoms with van der Waals surface area (Å²) < 4.78 is 0. The van der Waals surface area contributed by atoms with Crippen molar-refractivity contribution in [3.8, 4) is 0 Å². The minimum atomic E-state index is 0.359. The monoisotopic (exact) mass is 278 g/mol. The molecule has 4 nitrogen and oxygen atoms in total. The van der Waals surface area contributed by atoms with Gasteiger partial charge in [0.25, 0.3) is 0 Å². The summed E-state index contributed by atoms with van der Waals surface area (Å²) in [5.74, 6) is 1.88. The molecule has 20 heavy (non-hydrogen) atoms. The van der Waals surface area contributed by atoms with E-state index in [9.17, 15) is 0 Å². The van der Waals surface area contributed by atoms with E-state index in [4.69, 9.17) is 4.98 Å². The van der Waals surface area contributed by atoms with E-state index in [0.29, 0.717) is 17.9 Å². The molecule has 0 spiro atoms. The summed E-state index contributed by atoms with van der Waals surface area (Å²) in [7, 11) is 2.13. The molecule has 1 rings (SSSR count). The Morgan fingerprint density at radius 3 is 2.35 bits per heavy atom. The third kappa shape index (κ3) is 4.17. The molecule has 0 aliphatic carbocycles. The lowest BCUT2D eigenvalue weighted by molar-refractivity contribution is 0.502. The van der Waals surface area contributed by atoms with Crippen molar-refractivity contribution in [3.05, 3.63) is 17.7 Å². The van der Waals surface area contributed by atoms with E-state index < -0.39 is 0 Å². The molecule has 0 aliphatic heterocycles. The van der Waals surface area contributed by atoms with Gasteiger partial charge in [-0.05, 0) is 19.4 Å². The van der Waals surface area contributed by atoms with Gasteiger partial charge < -0.3 is 10.2 Å². The molecule has 0 saturated carbocycles. The molecule has 1 unspecified atom stereocenters. The van der Waals surface area contributed by atoms with E-state index in [1.165, 1.54) is 0 Å². The molecule has 1 N–H and O–H groups in total. The highest BCUT2D eigenvalue weighted by Crippen LogP contribution is 2.23. The molecule has 4 heteroatoms. The van der Waals surface area contributed by atoms with Crippen LogP contribution in [0.15, 0.2) is 6.20 Å². The Morgan fingerprint density at radius 2 is 1.85 bits per heavy atom. The molecule has 114 valence electrons. The average Bonchev–Trinajstić information content (AvgIpc) is 2.42. The molecule has 0 radical (unpaired) electrons. The predicted octanol–water partition coefficient (Wildman–Crippen LogP) is 3.19. The van der Waals surface area contributed by atoms with Crippen LogP contribution in [-0.2, 0) is 6.54 Å². The van der Waals surface area contributed by atoms with E-state index in [1.807, 2.05) is 6.20 Å². The molecule has 1 atom stereocenters. The lowest BCUT2D eigenvalue weighted by Crippen LogP contribution is -2.34. The largest absolute Gasteiger partial charge is 0.369 e. The van der Waals surface area contributed by atoms with E-state index in [-0.39, 0.29) is 0 Å². The maximum Gasteiger partial charge on any atom is 0.131 e. The zero-order chi connectivity index (χ0) is 15.3. The van der Waals surface area contributed by atoms with Gasteiger partial charge in [-0.1, -0.05) is 34.6 Å². The lowest BCUT2D eigenvalue weighted by Gasteiger charge is -2.31. The number of nitrogens with zero attached hydrogens (tertiary/aromatic N) is 3. The fourth-order valence-corrected chi connectivity index (χ4v) is 2.04. The quantitative estimate of drug-likeness (QED) is 0.831. The van der Waals surface area contributed by atoms with E-state index in [0.717, 1.165) is 30.3 Å². The summed E-state index contributed by atoms with van der Waals surface area (Å²) in [5.41, 5.74) is 2.23. The van der Waals surface area contributed by atoms with Crippen LogP contribution in [0.25, 0.3) is 0 Å². The van der Waals surface area contributed by atoms with Gasteiger partial charge in [0.2, 0.25) is 0 Å². The van der Waals surface area contributed by atoms with Crippen molar-refractivity contribution in [2.45, 2.75) is 60.0 Å². The molecular formula is C16H30N4. The van der Waals surface area contributed by atoms with Crippen LogP contribution >= 0.6 is 0 Å². The first kappa shape index (κ1) is 16.9. The first-order valence-corrected chi connectivity index (χ1v) is 7.67. The van der Waals surface area contributed by atoms with Gasteiger partial charge in [0, 0.05) is 25.6 Å². The van der Waals surface area contributed by atoms with Crippen LogP contribution in [0.4, 0.5) is 5.69 Å². The molecule has 0 amide bonds. The number of nitrogens with one attached hydrogen (secondary N) is 1. The normalized spacial score (nSPS) is 13.1. The van der Waals surface area contributed by atoms with Crippen molar-refractivity contribution in [1.82, 2.24) is 15.3 Å². The highest BCUT2D eigenvalue weighted by molar-refractivity contribution is 5.49. The Balaban J connectivity index is 3.10. The van der Waals surface area contributed by atoms with Crippen LogP contribution in [0, 0.1) is 5.92 Å². The van der Waals surface area contributed by atoms with Gasteiger partial charge in [-0.15, -0.1) is 0 Å². The maximum absolute atomic E-state index is 4.76. The molecule has 1 aromatic heterocycles. The Labute approximate surface area is 124 Å². The van der Waals surface area contributed by atoms with Crippen LogP contribution in [0.2, 0.25) is 0 Å². The number of rotatable bonds is 7. The van der Waals surface area contributed by atoms with Crippen molar-refractivity contribution >= 4 is 5.69 Å². The number of aromatic nitrogens is 2. The summed E-state index contributed by atoms with van der Waals surface area (Å²) in [6.45, 7) is 14.9. The van der Waals surface area contributed by atoms with Crippen LogP contribution in [0.3, 0.4) is 0 Å². The van der Waals surface area contributed by atoms with E-state index in [1.54, 1.807) is 0 Å². The fraction of sp³-hybridized carbons (Fsp3) is 0.750. The highest BCUT2D eigenvalue weighted by Gasteiger charge is 2.18. The summed E-state index contributed by atoms with van der Waals surface area (Å²) >= 11 is 0. The van der Waals surface area contributed by atoms with Gasteiger partial charge in [-0.25, -0.2) is 9.97 Å². The number of hydrogen-bond acceptors (Lipinski definition) is 4. The van der Waals surface area contributed by atoms with E-state index >= 15 is 0 Å². The van der Waals surface area contributed by atoms with Gasteiger partial charge >= 0.3 is 0 Å². The first-order chi connectivity index (χ1) is 9.38. The Bertz CT molecular complexity index is 415.